The number of nitrogens with zero attached hydrogens (tertiary/aromatic N) is 2. The Bertz CT molecular complexity index is 848. The average Bonchev–Trinajstić information content (AvgIpc) is 3.10. The van der Waals surface area contributed by atoms with Crippen molar-refractivity contribution in [1.82, 2.24) is 15.5 Å². The van der Waals surface area contributed by atoms with Gasteiger partial charge >= 0.3 is 0 Å². The number of hydrogen-bond donors (Lipinski definition) is 1. The van der Waals surface area contributed by atoms with Crippen molar-refractivity contribution in [3.63, 3.8) is 0 Å². The van der Waals surface area contributed by atoms with Crippen LogP contribution in [-0.4, -0.2) is 16.1 Å². The Balaban J connectivity index is 1.52. The number of carbonyl (C=O) groups is 1. The largest absolute Gasteiger partial charge is 0.346 e. The first-order valence-electron chi connectivity index (χ1n) is 7.64. The molecule has 0 aliphatic heterocycles. The standard InChI is InChI=1S/C18H16FN3OS2/c1-12-2-8-15(9-3-12)24-11-16-21-22-18(25-16)17(23)20-10-13-4-6-14(19)7-5-13/h2-9H,10-11H2,1H3,(H,20,23). The third-order valence-electron chi connectivity index (χ3n) is 3.41. The summed E-state index contributed by atoms with van der Waals surface area (Å²) >= 11 is 2.95. The topological polar surface area (TPSA) is 54.9 Å². The van der Waals surface area contributed by atoms with Crippen molar-refractivity contribution in [1.29, 1.82) is 0 Å². The second-order valence-corrected chi connectivity index (χ2v) is 7.52. The van der Waals surface area contributed by atoms with Gasteiger partial charge in [-0.05, 0) is 36.8 Å². The van der Waals surface area contributed by atoms with Gasteiger partial charge in [-0.25, -0.2) is 4.39 Å². The van der Waals surface area contributed by atoms with E-state index in [4.69, 9.17) is 0 Å². The number of aryl methyl sites for hydroxylation is 1. The minimum Gasteiger partial charge on any atom is -0.346 e. The Morgan fingerprint density at radius 3 is 2.56 bits per heavy atom. The number of aromatic nitrogens is 2. The zero-order valence-electron chi connectivity index (χ0n) is 13.5. The molecule has 3 aromatic rings. The molecule has 0 aliphatic carbocycles. The molecule has 0 saturated heterocycles. The number of carbonyl (C=O) groups excluding carboxylic acids is 1. The number of hydrogen-bond acceptors (Lipinski definition) is 5. The van der Waals surface area contributed by atoms with E-state index >= 15 is 0 Å². The summed E-state index contributed by atoms with van der Waals surface area (Å²) in [7, 11) is 0. The van der Waals surface area contributed by atoms with Gasteiger partial charge in [-0.1, -0.05) is 41.2 Å². The molecule has 4 nitrogen and oxygen atoms in total. The molecule has 0 spiro atoms. The van der Waals surface area contributed by atoms with Crippen LogP contribution >= 0.6 is 23.1 Å². The van der Waals surface area contributed by atoms with Gasteiger partial charge in [0.05, 0.1) is 5.75 Å². The van der Waals surface area contributed by atoms with E-state index in [0.29, 0.717) is 17.3 Å². The number of rotatable bonds is 6. The van der Waals surface area contributed by atoms with Crippen LogP contribution in [0, 0.1) is 12.7 Å². The zero-order chi connectivity index (χ0) is 17.6. The fourth-order valence-corrected chi connectivity index (χ4v) is 3.68. The molecule has 0 radical (unpaired) electrons. The first-order chi connectivity index (χ1) is 12.1. The predicted molar refractivity (Wildman–Crippen MR) is 98.2 cm³/mol. The fraction of sp³-hybridized carbons (Fsp3) is 0.167. The van der Waals surface area contributed by atoms with Gasteiger partial charge in [-0.2, -0.15) is 0 Å². The molecule has 25 heavy (non-hydrogen) atoms. The van der Waals surface area contributed by atoms with Gasteiger partial charge in [-0.15, -0.1) is 22.0 Å². The number of thioether (sulfide) groups is 1. The maximum Gasteiger partial charge on any atom is 0.282 e. The monoisotopic (exact) mass is 373 g/mol. The van der Waals surface area contributed by atoms with Gasteiger partial charge in [0.15, 0.2) is 0 Å². The third kappa shape index (κ3) is 5.11. The van der Waals surface area contributed by atoms with Crippen LogP contribution in [0.4, 0.5) is 4.39 Å². The number of halogens is 1. The quantitative estimate of drug-likeness (QED) is 0.658. The lowest BCUT2D eigenvalue weighted by Gasteiger charge is -2.02. The van der Waals surface area contributed by atoms with Crippen molar-refractivity contribution >= 4 is 29.0 Å². The van der Waals surface area contributed by atoms with E-state index in [1.165, 1.54) is 29.0 Å². The first kappa shape index (κ1) is 17.6. The summed E-state index contributed by atoms with van der Waals surface area (Å²) in [6.45, 7) is 2.38. The second kappa shape index (κ2) is 8.22. The molecular weight excluding hydrogens is 357 g/mol. The van der Waals surface area contributed by atoms with E-state index < -0.39 is 0 Å². The van der Waals surface area contributed by atoms with Crippen molar-refractivity contribution in [3.05, 3.63) is 75.5 Å². The van der Waals surface area contributed by atoms with Crippen LogP contribution < -0.4 is 5.32 Å². The molecule has 128 valence electrons. The van der Waals surface area contributed by atoms with Crippen molar-refractivity contribution in [2.45, 2.75) is 24.1 Å². The molecular formula is C18H16FN3OS2. The van der Waals surface area contributed by atoms with Crippen molar-refractivity contribution in [2.75, 3.05) is 0 Å². The van der Waals surface area contributed by atoms with E-state index in [0.717, 1.165) is 15.5 Å². The number of amides is 1. The van der Waals surface area contributed by atoms with Gasteiger partial charge in [0.1, 0.15) is 10.8 Å². The normalized spacial score (nSPS) is 10.6. The van der Waals surface area contributed by atoms with Crippen LogP contribution in [-0.2, 0) is 12.3 Å². The van der Waals surface area contributed by atoms with E-state index in [1.54, 1.807) is 23.9 Å². The summed E-state index contributed by atoms with van der Waals surface area (Å²) in [6, 6.07) is 14.3. The second-order valence-electron chi connectivity index (χ2n) is 5.41. The Kier molecular flexibility index (Phi) is 5.78. The van der Waals surface area contributed by atoms with Crippen molar-refractivity contribution in [3.8, 4) is 0 Å². The highest BCUT2D eigenvalue weighted by molar-refractivity contribution is 7.98. The number of nitrogens with one attached hydrogen (secondary N) is 1. The van der Waals surface area contributed by atoms with Gasteiger partial charge in [0.2, 0.25) is 5.01 Å². The summed E-state index contributed by atoms with van der Waals surface area (Å²) in [6.07, 6.45) is 0. The minimum absolute atomic E-state index is 0.270. The molecule has 1 amide bonds. The Labute approximate surface area is 153 Å². The Morgan fingerprint density at radius 1 is 1.12 bits per heavy atom. The fourth-order valence-electron chi connectivity index (χ4n) is 2.04. The SMILES string of the molecule is Cc1ccc(SCc2nnc(C(=O)NCc3ccc(F)cc3)s2)cc1. The maximum absolute atomic E-state index is 12.9. The van der Waals surface area contributed by atoms with Gasteiger partial charge in [0, 0.05) is 11.4 Å². The lowest BCUT2D eigenvalue weighted by molar-refractivity contribution is 0.0950. The molecule has 0 unspecified atom stereocenters. The molecule has 3 rings (SSSR count). The molecule has 1 heterocycles. The Morgan fingerprint density at radius 2 is 1.84 bits per heavy atom. The summed E-state index contributed by atoms with van der Waals surface area (Å²) in [5, 5.41) is 11.9. The maximum atomic E-state index is 12.9. The number of benzene rings is 2. The molecule has 2 aromatic carbocycles. The first-order valence-corrected chi connectivity index (χ1v) is 9.45. The molecule has 7 heteroatoms. The summed E-state index contributed by atoms with van der Waals surface area (Å²) in [5.74, 6) is 0.106. The third-order valence-corrected chi connectivity index (χ3v) is 5.54. The highest BCUT2D eigenvalue weighted by Gasteiger charge is 2.12. The summed E-state index contributed by atoms with van der Waals surface area (Å²) < 4.78 is 12.9. The molecule has 0 bridgehead atoms. The van der Waals surface area contributed by atoms with Gasteiger partial charge in [-0.3, -0.25) is 4.79 Å². The van der Waals surface area contributed by atoms with Crippen LogP contribution in [0.5, 0.6) is 0 Å². The van der Waals surface area contributed by atoms with Gasteiger partial charge in [0.25, 0.3) is 5.91 Å². The van der Waals surface area contributed by atoms with E-state index in [2.05, 4.69) is 46.7 Å². The van der Waals surface area contributed by atoms with Crippen molar-refractivity contribution < 1.29 is 9.18 Å². The predicted octanol–water partition coefficient (Wildman–Crippen LogP) is 4.21. The smallest absolute Gasteiger partial charge is 0.282 e. The molecule has 0 aliphatic rings. The lowest BCUT2D eigenvalue weighted by Crippen LogP contribution is -2.22. The lowest BCUT2D eigenvalue weighted by atomic mass is 10.2. The average molecular weight is 373 g/mol. The molecule has 0 saturated carbocycles. The van der Waals surface area contributed by atoms with Crippen LogP contribution in [0.1, 0.15) is 25.9 Å². The molecule has 0 fully saturated rings. The van der Waals surface area contributed by atoms with E-state index in [-0.39, 0.29) is 11.7 Å². The van der Waals surface area contributed by atoms with Gasteiger partial charge < -0.3 is 5.32 Å². The minimum atomic E-state index is -0.296. The Hall–Kier alpha value is -2.25. The van der Waals surface area contributed by atoms with E-state index in [9.17, 15) is 9.18 Å². The van der Waals surface area contributed by atoms with Crippen LogP contribution in [0.25, 0.3) is 0 Å². The summed E-state index contributed by atoms with van der Waals surface area (Å²) in [4.78, 5) is 13.3. The molecule has 1 N–H and O–H groups in total. The molecule has 1 aromatic heterocycles. The van der Waals surface area contributed by atoms with Crippen LogP contribution in [0.15, 0.2) is 53.4 Å². The van der Waals surface area contributed by atoms with Crippen molar-refractivity contribution in [2.24, 2.45) is 0 Å². The van der Waals surface area contributed by atoms with Crippen LogP contribution in [0.2, 0.25) is 0 Å². The zero-order valence-corrected chi connectivity index (χ0v) is 15.2. The highest BCUT2D eigenvalue weighted by Crippen LogP contribution is 2.24. The van der Waals surface area contributed by atoms with Crippen LogP contribution in [0.3, 0.4) is 0 Å². The summed E-state index contributed by atoms with van der Waals surface area (Å²) in [5.41, 5.74) is 2.05. The highest BCUT2D eigenvalue weighted by atomic mass is 32.2. The molecule has 0 atom stereocenters. The van der Waals surface area contributed by atoms with E-state index in [1.807, 2.05) is 0 Å².